The summed E-state index contributed by atoms with van der Waals surface area (Å²) in [5.41, 5.74) is 3.91. The average molecular weight is 336 g/mol. The van der Waals surface area contributed by atoms with Crippen molar-refractivity contribution in [1.82, 2.24) is 9.80 Å². The minimum atomic E-state index is 0.284. The number of hydrogen-bond donors (Lipinski definition) is 1. The minimum Gasteiger partial charge on any atom is -0.396 e. The molecule has 1 unspecified atom stereocenters. The van der Waals surface area contributed by atoms with Crippen LogP contribution in [0.2, 0.25) is 0 Å². The van der Waals surface area contributed by atoms with Crippen LogP contribution in [0.25, 0.3) is 11.1 Å². The molecular formula is C22H28N2O. The van der Waals surface area contributed by atoms with E-state index in [0.29, 0.717) is 6.04 Å². The van der Waals surface area contributed by atoms with Gasteiger partial charge in [0.2, 0.25) is 0 Å². The molecule has 3 nitrogen and oxygen atoms in total. The van der Waals surface area contributed by atoms with E-state index in [1.54, 1.807) is 0 Å². The Morgan fingerprint density at radius 3 is 2.44 bits per heavy atom. The van der Waals surface area contributed by atoms with Gasteiger partial charge in [0.05, 0.1) is 0 Å². The summed E-state index contributed by atoms with van der Waals surface area (Å²) >= 11 is 0. The van der Waals surface area contributed by atoms with Crippen molar-refractivity contribution in [2.24, 2.45) is 0 Å². The van der Waals surface area contributed by atoms with E-state index < -0.39 is 0 Å². The van der Waals surface area contributed by atoms with Gasteiger partial charge in [-0.1, -0.05) is 54.6 Å². The lowest BCUT2D eigenvalue weighted by molar-refractivity contribution is 0.0333. The molecule has 0 aromatic heterocycles. The first-order chi connectivity index (χ1) is 12.3. The third-order valence-electron chi connectivity index (χ3n) is 5.82. The fraction of sp³-hybridized carbons (Fsp3) is 0.455. The second-order valence-corrected chi connectivity index (χ2v) is 7.45. The molecule has 0 amide bonds. The standard InChI is InChI=1S/C22H28N2O/c25-14-12-22-16-23-13-4-7-21(23)17-24(22)15-18-8-10-20(11-9-18)19-5-2-1-3-6-19/h1-3,5-6,8-11,21-22,25H,4,7,12-17H2/t21?,22-/m0/s1. The minimum absolute atomic E-state index is 0.284. The van der Waals surface area contributed by atoms with Crippen molar-refractivity contribution in [2.45, 2.75) is 37.9 Å². The molecule has 2 heterocycles. The van der Waals surface area contributed by atoms with Gasteiger partial charge < -0.3 is 5.11 Å². The smallest absolute Gasteiger partial charge is 0.0446 e. The predicted molar refractivity (Wildman–Crippen MR) is 102 cm³/mol. The third-order valence-corrected chi connectivity index (χ3v) is 5.82. The van der Waals surface area contributed by atoms with E-state index in [2.05, 4.69) is 64.4 Å². The van der Waals surface area contributed by atoms with Crippen LogP contribution in [0.15, 0.2) is 54.6 Å². The Balaban J connectivity index is 1.46. The van der Waals surface area contributed by atoms with Gasteiger partial charge in [-0.05, 0) is 42.5 Å². The maximum absolute atomic E-state index is 9.46. The summed E-state index contributed by atoms with van der Waals surface area (Å²) in [5, 5.41) is 9.46. The molecule has 2 saturated heterocycles. The maximum Gasteiger partial charge on any atom is 0.0446 e. The Kier molecular flexibility index (Phi) is 5.16. The molecule has 25 heavy (non-hydrogen) atoms. The molecule has 3 heteroatoms. The topological polar surface area (TPSA) is 26.7 Å². The molecule has 4 rings (SSSR count). The number of rotatable bonds is 5. The molecular weight excluding hydrogens is 308 g/mol. The van der Waals surface area contributed by atoms with Crippen molar-refractivity contribution in [3.63, 3.8) is 0 Å². The van der Waals surface area contributed by atoms with Gasteiger partial charge in [-0.25, -0.2) is 0 Å². The van der Waals surface area contributed by atoms with Gasteiger partial charge in [-0.3, -0.25) is 9.80 Å². The molecule has 0 aliphatic carbocycles. The Morgan fingerprint density at radius 2 is 1.68 bits per heavy atom. The van der Waals surface area contributed by atoms with Crippen molar-refractivity contribution < 1.29 is 5.11 Å². The first kappa shape index (κ1) is 16.8. The monoisotopic (exact) mass is 336 g/mol. The number of aliphatic hydroxyl groups excluding tert-OH is 1. The van der Waals surface area contributed by atoms with E-state index in [0.717, 1.165) is 32.1 Å². The molecule has 2 aliphatic rings. The van der Waals surface area contributed by atoms with Crippen LogP contribution >= 0.6 is 0 Å². The van der Waals surface area contributed by atoms with E-state index in [9.17, 15) is 5.11 Å². The Hall–Kier alpha value is -1.68. The summed E-state index contributed by atoms with van der Waals surface area (Å²) in [6.07, 6.45) is 3.54. The third kappa shape index (κ3) is 3.79. The molecule has 0 bridgehead atoms. The highest BCUT2D eigenvalue weighted by atomic mass is 16.3. The van der Waals surface area contributed by atoms with Crippen LogP contribution in [-0.4, -0.2) is 53.2 Å². The Bertz CT molecular complexity index is 670. The van der Waals surface area contributed by atoms with Crippen molar-refractivity contribution >= 4 is 0 Å². The number of fused-ring (bicyclic) bond motifs is 1. The predicted octanol–water partition coefficient (Wildman–Crippen LogP) is 3.38. The molecule has 2 fully saturated rings. The molecule has 0 radical (unpaired) electrons. The number of piperazine rings is 1. The maximum atomic E-state index is 9.46. The van der Waals surface area contributed by atoms with Crippen molar-refractivity contribution in [2.75, 3.05) is 26.2 Å². The Morgan fingerprint density at radius 1 is 0.920 bits per heavy atom. The van der Waals surface area contributed by atoms with E-state index >= 15 is 0 Å². The van der Waals surface area contributed by atoms with Gasteiger partial charge in [0.15, 0.2) is 0 Å². The van der Waals surface area contributed by atoms with Crippen LogP contribution in [0.1, 0.15) is 24.8 Å². The zero-order valence-electron chi connectivity index (χ0n) is 14.8. The lowest BCUT2D eigenvalue weighted by atomic mass is 10.0. The summed E-state index contributed by atoms with van der Waals surface area (Å²) in [6.45, 7) is 4.78. The van der Waals surface area contributed by atoms with Gasteiger partial charge in [0, 0.05) is 38.3 Å². The molecule has 2 atom stereocenters. The molecule has 1 N–H and O–H groups in total. The summed E-state index contributed by atoms with van der Waals surface area (Å²) < 4.78 is 0. The highest BCUT2D eigenvalue weighted by Gasteiger charge is 2.35. The van der Waals surface area contributed by atoms with Crippen LogP contribution in [0.4, 0.5) is 0 Å². The lowest BCUT2D eigenvalue weighted by Crippen LogP contribution is -2.55. The first-order valence-electron chi connectivity index (χ1n) is 9.57. The zero-order chi connectivity index (χ0) is 17.1. The highest BCUT2D eigenvalue weighted by molar-refractivity contribution is 5.63. The fourth-order valence-corrected chi connectivity index (χ4v) is 4.43. The van der Waals surface area contributed by atoms with Gasteiger partial charge in [0.25, 0.3) is 0 Å². The van der Waals surface area contributed by atoms with E-state index in [4.69, 9.17) is 0 Å². The number of benzene rings is 2. The van der Waals surface area contributed by atoms with Crippen LogP contribution in [-0.2, 0) is 6.54 Å². The summed E-state index contributed by atoms with van der Waals surface area (Å²) in [7, 11) is 0. The molecule has 0 saturated carbocycles. The van der Waals surface area contributed by atoms with Gasteiger partial charge in [-0.15, -0.1) is 0 Å². The van der Waals surface area contributed by atoms with E-state index in [1.165, 1.54) is 36.1 Å². The molecule has 2 aromatic carbocycles. The number of nitrogens with zero attached hydrogens (tertiary/aromatic N) is 2. The largest absolute Gasteiger partial charge is 0.396 e. The normalized spacial score (nSPS) is 24.4. The van der Waals surface area contributed by atoms with Crippen molar-refractivity contribution in [3.05, 3.63) is 60.2 Å². The highest BCUT2D eigenvalue weighted by Crippen LogP contribution is 2.27. The van der Waals surface area contributed by atoms with E-state index in [-0.39, 0.29) is 6.61 Å². The fourth-order valence-electron chi connectivity index (χ4n) is 4.43. The summed E-state index contributed by atoms with van der Waals surface area (Å²) in [6, 6.07) is 20.7. The van der Waals surface area contributed by atoms with Crippen LogP contribution in [0.5, 0.6) is 0 Å². The Labute approximate surface area is 150 Å². The van der Waals surface area contributed by atoms with Crippen LogP contribution in [0.3, 0.4) is 0 Å². The molecule has 2 aromatic rings. The average Bonchev–Trinajstić information content (AvgIpc) is 3.11. The van der Waals surface area contributed by atoms with Gasteiger partial charge >= 0.3 is 0 Å². The number of aliphatic hydroxyl groups is 1. The second-order valence-electron chi connectivity index (χ2n) is 7.45. The van der Waals surface area contributed by atoms with Gasteiger partial charge in [0.1, 0.15) is 0 Å². The quantitative estimate of drug-likeness (QED) is 0.907. The zero-order valence-corrected chi connectivity index (χ0v) is 14.8. The number of hydrogen-bond acceptors (Lipinski definition) is 3. The molecule has 132 valence electrons. The summed E-state index contributed by atoms with van der Waals surface area (Å²) in [5.74, 6) is 0. The van der Waals surface area contributed by atoms with Crippen LogP contribution in [0, 0.1) is 0 Å². The molecule has 2 aliphatic heterocycles. The van der Waals surface area contributed by atoms with Crippen molar-refractivity contribution in [1.29, 1.82) is 0 Å². The van der Waals surface area contributed by atoms with E-state index in [1.807, 2.05) is 0 Å². The lowest BCUT2D eigenvalue weighted by Gasteiger charge is -2.43. The van der Waals surface area contributed by atoms with Crippen LogP contribution < -0.4 is 0 Å². The summed E-state index contributed by atoms with van der Waals surface area (Å²) in [4.78, 5) is 5.23. The SMILES string of the molecule is OCC[C@H]1CN2CCCC2CN1Cc1ccc(-c2ccccc2)cc1. The second kappa shape index (κ2) is 7.69. The van der Waals surface area contributed by atoms with Crippen molar-refractivity contribution in [3.8, 4) is 11.1 Å². The first-order valence-corrected chi connectivity index (χ1v) is 9.57. The van der Waals surface area contributed by atoms with Gasteiger partial charge in [-0.2, -0.15) is 0 Å². The molecule has 0 spiro atoms.